The number of rotatable bonds is 5. The van der Waals surface area contributed by atoms with Crippen molar-refractivity contribution in [3.05, 3.63) is 23.3 Å². The average Bonchev–Trinajstić information content (AvgIpc) is 3.11. The molecular weight excluding hydrogens is 364 g/mol. The lowest BCUT2D eigenvalue weighted by molar-refractivity contribution is -0.120. The summed E-state index contributed by atoms with van der Waals surface area (Å²) in [7, 11) is 0. The van der Waals surface area contributed by atoms with Gasteiger partial charge in [-0.2, -0.15) is 0 Å². The highest BCUT2D eigenvalue weighted by molar-refractivity contribution is 7.14. The highest BCUT2D eigenvalue weighted by Crippen LogP contribution is 2.27. The fraction of sp³-hybridized carbons (Fsp3) is 0.438. The summed E-state index contributed by atoms with van der Waals surface area (Å²) in [4.78, 5) is 27.4. The first-order valence-corrected chi connectivity index (χ1v) is 8.40. The van der Waals surface area contributed by atoms with Crippen LogP contribution < -0.4 is 16.4 Å². The van der Waals surface area contributed by atoms with Gasteiger partial charge in [-0.1, -0.05) is 20.8 Å². The van der Waals surface area contributed by atoms with E-state index in [2.05, 4.69) is 15.6 Å². The summed E-state index contributed by atoms with van der Waals surface area (Å²) < 4.78 is 5.63. The number of hydrogen-bond acceptors (Lipinski definition) is 6. The van der Waals surface area contributed by atoms with Gasteiger partial charge in [0, 0.05) is 12.3 Å². The molecule has 0 spiro atoms. The van der Waals surface area contributed by atoms with Crippen LogP contribution >= 0.6 is 23.7 Å². The largest absolute Gasteiger partial charge is 0.458 e. The second-order valence-corrected chi connectivity index (χ2v) is 7.40. The van der Waals surface area contributed by atoms with E-state index in [0.717, 1.165) is 0 Å². The molecule has 0 saturated heterocycles. The zero-order chi connectivity index (χ0) is 17.9. The molecule has 0 saturated carbocycles. The minimum Gasteiger partial charge on any atom is -0.458 e. The predicted molar refractivity (Wildman–Crippen MR) is 101 cm³/mol. The molecule has 1 atom stereocenters. The molecule has 2 heterocycles. The number of carbonyl (C=O) groups excluding carboxylic acids is 2. The summed E-state index contributed by atoms with van der Waals surface area (Å²) in [5.74, 6) is 0.816. The third kappa shape index (κ3) is 5.84. The van der Waals surface area contributed by atoms with Crippen LogP contribution in [-0.4, -0.2) is 22.8 Å². The topological polar surface area (TPSA) is 110 Å². The molecule has 0 aliphatic carbocycles. The van der Waals surface area contributed by atoms with Gasteiger partial charge < -0.3 is 20.8 Å². The molecule has 2 aromatic rings. The van der Waals surface area contributed by atoms with Crippen LogP contribution in [0.2, 0.25) is 0 Å². The van der Waals surface area contributed by atoms with E-state index in [4.69, 9.17) is 10.2 Å². The van der Waals surface area contributed by atoms with Crippen LogP contribution in [0.3, 0.4) is 0 Å². The molecule has 4 N–H and O–H groups in total. The van der Waals surface area contributed by atoms with E-state index in [1.807, 2.05) is 20.8 Å². The van der Waals surface area contributed by atoms with E-state index in [1.54, 1.807) is 17.5 Å². The molecule has 0 aliphatic rings. The lowest BCUT2D eigenvalue weighted by atomic mass is 9.87. The zero-order valence-electron chi connectivity index (χ0n) is 14.6. The van der Waals surface area contributed by atoms with Gasteiger partial charge in [-0.3, -0.25) is 9.59 Å². The number of nitrogens with zero attached hydrogens (tertiary/aromatic N) is 1. The van der Waals surface area contributed by atoms with Crippen molar-refractivity contribution in [2.45, 2.75) is 40.3 Å². The SMILES string of the molecule is CC(=O)NCc1ccc(-c2csc(NC(=O)[C@@H](N)C(C)(C)C)n2)o1.Cl. The van der Waals surface area contributed by atoms with Crippen molar-refractivity contribution in [2.75, 3.05) is 5.32 Å². The number of aromatic nitrogens is 1. The standard InChI is InChI=1S/C16H22N4O3S.ClH/c1-9(21)18-7-10-5-6-12(23-10)11-8-24-15(19-11)20-14(22)13(17)16(2,3)4;/h5-6,8,13H,7,17H2,1-4H3,(H,18,21)(H,19,20,22);1H/t13-;/m1./s1. The van der Waals surface area contributed by atoms with E-state index in [0.29, 0.717) is 28.9 Å². The van der Waals surface area contributed by atoms with Crippen LogP contribution in [0, 0.1) is 5.41 Å². The highest BCUT2D eigenvalue weighted by Gasteiger charge is 2.28. The van der Waals surface area contributed by atoms with E-state index in [-0.39, 0.29) is 29.6 Å². The zero-order valence-corrected chi connectivity index (χ0v) is 16.2. The number of thiazole rings is 1. The summed E-state index contributed by atoms with van der Waals surface area (Å²) in [6, 6.07) is 2.93. The fourth-order valence-corrected chi connectivity index (χ4v) is 2.55. The lowest BCUT2D eigenvalue weighted by Crippen LogP contribution is -2.45. The normalized spacial score (nSPS) is 12.2. The Balaban J connectivity index is 0.00000312. The summed E-state index contributed by atoms with van der Waals surface area (Å²) >= 11 is 1.30. The predicted octanol–water partition coefficient (Wildman–Crippen LogP) is 2.77. The Morgan fingerprint density at radius 2 is 2.04 bits per heavy atom. The number of hydrogen-bond donors (Lipinski definition) is 3. The minimum atomic E-state index is -0.627. The van der Waals surface area contributed by atoms with E-state index in [9.17, 15) is 9.59 Å². The van der Waals surface area contributed by atoms with Crippen LogP contribution in [0.1, 0.15) is 33.5 Å². The van der Waals surface area contributed by atoms with Gasteiger partial charge in [-0.15, -0.1) is 23.7 Å². The van der Waals surface area contributed by atoms with E-state index < -0.39 is 6.04 Å². The summed E-state index contributed by atoms with van der Waals surface area (Å²) in [6.07, 6.45) is 0. The van der Waals surface area contributed by atoms with Crippen LogP contribution in [0.4, 0.5) is 5.13 Å². The Morgan fingerprint density at radius 1 is 1.36 bits per heavy atom. The van der Waals surface area contributed by atoms with Crippen LogP contribution in [0.15, 0.2) is 21.9 Å². The third-order valence-electron chi connectivity index (χ3n) is 3.38. The summed E-state index contributed by atoms with van der Waals surface area (Å²) in [6.45, 7) is 7.49. The van der Waals surface area contributed by atoms with Crippen molar-refractivity contribution in [2.24, 2.45) is 11.1 Å². The Labute approximate surface area is 156 Å². The molecule has 2 aromatic heterocycles. The number of nitrogens with one attached hydrogen (secondary N) is 2. The van der Waals surface area contributed by atoms with Crippen LogP contribution in [0.25, 0.3) is 11.5 Å². The van der Waals surface area contributed by atoms with Gasteiger partial charge in [0.2, 0.25) is 11.8 Å². The molecule has 0 fully saturated rings. The molecule has 0 bridgehead atoms. The van der Waals surface area contributed by atoms with Gasteiger partial charge in [0.15, 0.2) is 10.9 Å². The molecule has 2 rings (SSSR count). The fourth-order valence-electron chi connectivity index (χ4n) is 1.84. The number of amides is 2. The van der Waals surface area contributed by atoms with Crippen molar-refractivity contribution in [3.8, 4) is 11.5 Å². The quantitative estimate of drug-likeness (QED) is 0.731. The monoisotopic (exact) mass is 386 g/mol. The van der Waals surface area contributed by atoms with Crippen molar-refractivity contribution in [1.29, 1.82) is 0 Å². The highest BCUT2D eigenvalue weighted by atomic mass is 35.5. The lowest BCUT2D eigenvalue weighted by Gasteiger charge is -2.25. The van der Waals surface area contributed by atoms with E-state index >= 15 is 0 Å². The smallest absolute Gasteiger partial charge is 0.243 e. The van der Waals surface area contributed by atoms with Crippen molar-refractivity contribution in [3.63, 3.8) is 0 Å². The second kappa shape index (κ2) is 8.46. The first kappa shape index (κ1) is 21.1. The molecule has 138 valence electrons. The van der Waals surface area contributed by atoms with E-state index in [1.165, 1.54) is 18.3 Å². The Bertz CT molecular complexity index is 736. The maximum absolute atomic E-state index is 12.1. The molecule has 7 nitrogen and oxygen atoms in total. The summed E-state index contributed by atoms with van der Waals surface area (Å²) in [5, 5.41) is 7.65. The molecule has 9 heteroatoms. The van der Waals surface area contributed by atoms with Gasteiger partial charge in [0.1, 0.15) is 11.5 Å². The first-order valence-electron chi connectivity index (χ1n) is 7.52. The Morgan fingerprint density at radius 3 is 2.64 bits per heavy atom. The minimum absolute atomic E-state index is 0. The molecule has 0 radical (unpaired) electrons. The van der Waals surface area contributed by atoms with Gasteiger partial charge in [0.05, 0.1) is 12.6 Å². The van der Waals surface area contributed by atoms with Gasteiger partial charge >= 0.3 is 0 Å². The first-order chi connectivity index (χ1) is 11.2. The van der Waals surface area contributed by atoms with Gasteiger partial charge in [-0.25, -0.2) is 4.98 Å². The van der Waals surface area contributed by atoms with Crippen LogP contribution in [0.5, 0.6) is 0 Å². The molecule has 0 unspecified atom stereocenters. The number of nitrogens with two attached hydrogens (primary N) is 1. The molecule has 25 heavy (non-hydrogen) atoms. The Hall–Kier alpha value is -1.90. The molecule has 2 amide bonds. The van der Waals surface area contributed by atoms with Gasteiger partial charge in [0.25, 0.3) is 0 Å². The van der Waals surface area contributed by atoms with Crippen LogP contribution in [-0.2, 0) is 16.1 Å². The number of halogens is 1. The average molecular weight is 387 g/mol. The third-order valence-corrected chi connectivity index (χ3v) is 4.13. The van der Waals surface area contributed by atoms with Crippen molar-refractivity contribution < 1.29 is 14.0 Å². The molecular formula is C16H23ClN4O3S. The summed E-state index contributed by atoms with van der Waals surface area (Å²) in [5.41, 5.74) is 6.22. The number of anilines is 1. The second-order valence-electron chi connectivity index (χ2n) is 6.55. The maximum Gasteiger partial charge on any atom is 0.243 e. The molecule has 0 aliphatic heterocycles. The molecule has 0 aromatic carbocycles. The number of carbonyl (C=O) groups is 2. The van der Waals surface area contributed by atoms with Crippen molar-refractivity contribution in [1.82, 2.24) is 10.3 Å². The van der Waals surface area contributed by atoms with Crippen molar-refractivity contribution >= 4 is 40.7 Å². The van der Waals surface area contributed by atoms with Gasteiger partial charge in [-0.05, 0) is 17.5 Å². The number of furan rings is 1. The Kier molecular flexibility index (Phi) is 7.16. The maximum atomic E-state index is 12.1.